The van der Waals surface area contributed by atoms with Crippen LogP contribution >= 0.6 is 0 Å². The van der Waals surface area contributed by atoms with Crippen LogP contribution in [-0.2, 0) is 6.18 Å². The quantitative estimate of drug-likeness (QED) is 0.825. The molecule has 1 heterocycles. The molecule has 2 rings (SSSR count). The third kappa shape index (κ3) is 2.96. The van der Waals surface area contributed by atoms with E-state index >= 15 is 0 Å². The second-order valence-corrected chi connectivity index (χ2v) is 5.09. The molecule has 1 fully saturated rings. The Labute approximate surface area is 116 Å². The minimum atomic E-state index is -4.47. The average molecular weight is 282 g/mol. The van der Waals surface area contributed by atoms with Crippen LogP contribution in [0.3, 0.4) is 0 Å². The Balaban J connectivity index is 2.32. The summed E-state index contributed by atoms with van der Waals surface area (Å²) >= 11 is 0. The summed E-state index contributed by atoms with van der Waals surface area (Å²) in [7, 11) is 0. The average Bonchev–Trinajstić information content (AvgIpc) is 2.45. The molecule has 2 nitrogen and oxygen atoms in total. The number of hydrogen-bond acceptors (Lipinski definition) is 2. The fourth-order valence-corrected chi connectivity index (χ4v) is 2.83. The fourth-order valence-electron chi connectivity index (χ4n) is 2.83. The summed E-state index contributed by atoms with van der Waals surface area (Å²) in [4.78, 5) is 2.27. The van der Waals surface area contributed by atoms with Gasteiger partial charge in [-0.1, -0.05) is 19.1 Å². The Hall–Kier alpha value is -1.54. The Morgan fingerprint density at radius 3 is 2.45 bits per heavy atom. The zero-order valence-corrected chi connectivity index (χ0v) is 11.4. The van der Waals surface area contributed by atoms with Gasteiger partial charge in [0.05, 0.1) is 11.1 Å². The van der Waals surface area contributed by atoms with Crippen LogP contribution in [-0.4, -0.2) is 24.5 Å². The first-order chi connectivity index (χ1) is 9.47. The Morgan fingerprint density at radius 1 is 1.30 bits per heavy atom. The summed E-state index contributed by atoms with van der Waals surface area (Å²) in [5.41, 5.74) is -0.455. The molecule has 0 radical (unpaired) electrons. The van der Waals surface area contributed by atoms with E-state index < -0.39 is 11.7 Å². The molecule has 0 bridgehead atoms. The highest BCUT2D eigenvalue weighted by Gasteiger charge is 2.35. The van der Waals surface area contributed by atoms with Crippen molar-refractivity contribution < 1.29 is 13.2 Å². The van der Waals surface area contributed by atoms with E-state index in [1.807, 2.05) is 0 Å². The van der Waals surface area contributed by atoms with E-state index in [9.17, 15) is 13.2 Å². The second kappa shape index (κ2) is 5.84. The predicted molar refractivity (Wildman–Crippen MR) is 70.2 cm³/mol. The van der Waals surface area contributed by atoms with Gasteiger partial charge in [-0.3, -0.25) is 0 Å². The molecule has 0 spiro atoms. The third-order valence-electron chi connectivity index (χ3n) is 3.99. The predicted octanol–water partition coefficient (Wildman–Crippen LogP) is 3.78. The van der Waals surface area contributed by atoms with Crippen molar-refractivity contribution in [1.82, 2.24) is 4.90 Å². The number of piperidine rings is 1. The summed E-state index contributed by atoms with van der Waals surface area (Å²) < 4.78 is 38.8. The molecule has 108 valence electrons. The van der Waals surface area contributed by atoms with Crippen LogP contribution in [0.2, 0.25) is 0 Å². The molecule has 1 saturated heterocycles. The summed E-state index contributed by atoms with van der Waals surface area (Å²) in [5, 5.41) is 9.13. The maximum absolute atomic E-state index is 12.9. The summed E-state index contributed by atoms with van der Waals surface area (Å²) in [5.74, 6) is 0.0507. The van der Waals surface area contributed by atoms with Crippen LogP contribution in [0.4, 0.5) is 13.2 Å². The largest absolute Gasteiger partial charge is 0.417 e. The lowest BCUT2D eigenvalue weighted by Crippen LogP contribution is -2.33. The number of halogens is 3. The zero-order valence-electron chi connectivity index (χ0n) is 11.4. The van der Waals surface area contributed by atoms with Gasteiger partial charge in [-0.05, 0) is 50.0 Å². The monoisotopic (exact) mass is 282 g/mol. The van der Waals surface area contributed by atoms with Crippen LogP contribution in [0, 0.1) is 11.3 Å². The van der Waals surface area contributed by atoms with Crippen molar-refractivity contribution in [2.45, 2.75) is 31.9 Å². The van der Waals surface area contributed by atoms with Gasteiger partial charge in [0.2, 0.25) is 0 Å². The van der Waals surface area contributed by atoms with E-state index in [0.29, 0.717) is 5.56 Å². The van der Waals surface area contributed by atoms with Gasteiger partial charge in [0.15, 0.2) is 0 Å². The van der Waals surface area contributed by atoms with Crippen LogP contribution in [0.1, 0.15) is 42.4 Å². The van der Waals surface area contributed by atoms with Crippen molar-refractivity contribution in [1.29, 1.82) is 5.26 Å². The van der Waals surface area contributed by atoms with E-state index in [1.54, 1.807) is 12.1 Å². The molecule has 0 unspecified atom stereocenters. The van der Waals surface area contributed by atoms with Crippen LogP contribution in [0.5, 0.6) is 0 Å². The molecule has 1 aliphatic rings. The van der Waals surface area contributed by atoms with E-state index in [-0.39, 0.29) is 11.5 Å². The summed E-state index contributed by atoms with van der Waals surface area (Å²) in [6.07, 6.45) is -2.85. The fraction of sp³-hybridized carbons (Fsp3) is 0.533. The molecular weight excluding hydrogens is 265 g/mol. The first kappa shape index (κ1) is 14.9. The lowest BCUT2D eigenvalue weighted by atomic mass is 9.85. The maximum atomic E-state index is 12.9. The van der Waals surface area contributed by atoms with Crippen molar-refractivity contribution in [3.63, 3.8) is 0 Å². The highest BCUT2D eigenvalue weighted by atomic mass is 19.4. The van der Waals surface area contributed by atoms with Crippen molar-refractivity contribution in [3.8, 4) is 6.07 Å². The molecule has 0 N–H and O–H groups in total. The first-order valence-electron chi connectivity index (χ1n) is 6.80. The number of nitriles is 1. The molecule has 0 aliphatic carbocycles. The van der Waals surface area contributed by atoms with Gasteiger partial charge >= 0.3 is 6.18 Å². The Bertz CT molecular complexity index is 509. The normalized spacial score (nSPS) is 17.9. The number of alkyl halides is 3. The minimum absolute atomic E-state index is 0.0507. The minimum Gasteiger partial charge on any atom is -0.304 e. The molecule has 0 saturated carbocycles. The Kier molecular flexibility index (Phi) is 4.34. The highest BCUT2D eigenvalue weighted by Crippen LogP contribution is 2.37. The lowest BCUT2D eigenvalue weighted by Gasteiger charge is -2.32. The van der Waals surface area contributed by atoms with E-state index in [4.69, 9.17) is 5.26 Å². The molecule has 0 aromatic heterocycles. The smallest absolute Gasteiger partial charge is 0.304 e. The molecule has 1 aromatic rings. The van der Waals surface area contributed by atoms with E-state index in [1.165, 1.54) is 6.07 Å². The zero-order chi connectivity index (χ0) is 14.8. The molecule has 0 atom stereocenters. The van der Waals surface area contributed by atoms with Gasteiger partial charge in [-0.15, -0.1) is 0 Å². The molecule has 20 heavy (non-hydrogen) atoms. The van der Waals surface area contributed by atoms with Gasteiger partial charge in [-0.2, -0.15) is 18.4 Å². The number of hydrogen-bond donors (Lipinski definition) is 0. The van der Waals surface area contributed by atoms with Crippen molar-refractivity contribution in [2.24, 2.45) is 0 Å². The number of rotatable bonds is 2. The van der Waals surface area contributed by atoms with E-state index in [0.717, 1.165) is 38.5 Å². The van der Waals surface area contributed by atoms with Crippen molar-refractivity contribution >= 4 is 0 Å². The number of likely N-dealkylation sites (tertiary alicyclic amines) is 1. The van der Waals surface area contributed by atoms with E-state index in [2.05, 4.69) is 11.8 Å². The third-order valence-corrected chi connectivity index (χ3v) is 3.99. The summed E-state index contributed by atoms with van der Waals surface area (Å²) in [6, 6.07) is 5.82. The second-order valence-electron chi connectivity index (χ2n) is 5.09. The molecular formula is C15H17F3N2. The van der Waals surface area contributed by atoms with Crippen LogP contribution < -0.4 is 0 Å². The van der Waals surface area contributed by atoms with Gasteiger partial charge in [0.1, 0.15) is 6.07 Å². The van der Waals surface area contributed by atoms with Crippen LogP contribution in [0.25, 0.3) is 0 Å². The van der Waals surface area contributed by atoms with Gasteiger partial charge in [0.25, 0.3) is 0 Å². The number of benzene rings is 1. The molecule has 0 amide bonds. The van der Waals surface area contributed by atoms with Crippen molar-refractivity contribution in [3.05, 3.63) is 34.9 Å². The highest BCUT2D eigenvalue weighted by molar-refractivity contribution is 5.47. The number of nitrogens with zero attached hydrogens (tertiary/aromatic N) is 2. The maximum Gasteiger partial charge on any atom is 0.417 e. The molecule has 1 aromatic carbocycles. The lowest BCUT2D eigenvalue weighted by molar-refractivity contribution is -0.137. The standard InChI is InChI=1S/C15H17F3N2/c1-2-20-8-6-11(7-9-20)12-4-3-5-14(13(12)10-19)15(16,17)18/h3-5,11H,2,6-9H2,1H3. The van der Waals surface area contributed by atoms with Crippen LogP contribution in [0.15, 0.2) is 18.2 Å². The van der Waals surface area contributed by atoms with Gasteiger partial charge < -0.3 is 4.90 Å². The molecule has 1 aliphatic heterocycles. The van der Waals surface area contributed by atoms with Gasteiger partial charge in [-0.25, -0.2) is 0 Å². The topological polar surface area (TPSA) is 27.0 Å². The summed E-state index contributed by atoms with van der Waals surface area (Å²) in [6.45, 7) is 4.79. The molecule has 5 heteroatoms. The first-order valence-corrected chi connectivity index (χ1v) is 6.80. The SMILES string of the molecule is CCN1CCC(c2cccc(C(F)(F)F)c2C#N)CC1. The van der Waals surface area contributed by atoms with Crippen molar-refractivity contribution in [2.75, 3.05) is 19.6 Å². The Morgan fingerprint density at radius 2 is 1.95 bits per heavy atom. The van der Waals surface area contributed by atoms with Gasteiger partial charge in [0, 0.05) is 0 Å².